The quantitative estimate of drug-likeness (QED) is 0.928. The lowest BCUT2D eigenvalue weighted by Crippen LogP contribution is -2.36. The van der Waals surface area contributed by atoms with Crippen molar-refractivity contribution in [2.45, 2.75) is 38.0 Å². The number of aromatic nitrogens is 3. The Hall–Kier alpha value is -1.72. The first kappa shape index (κ1) is 13.0. The Morgan fingerprint density at radius 3 is 2.95 bits per heavy atom. The number of pyridine rings is 1. The monoisotopic (exact) mass is 284 g/mol. The summed E-state index contributed by atoms with van der Waals surface area (Å²) in [5, 5.41) is 15.0. The fraction of sp³-hybridized carbons (Fsp3) is 0.500. The standard InChI is InChI=1S/C16H20N4O/c21-16(14-3-1-2-6-17-14)11-19-7-8-20-13(10-19)9-15(18-20)12-4-5-12/h1-3,6,9,12,16,21H,4-5,7-8,10-11H2. The largest absolute Gasteiger partial charge is 0.385 e. The van der Waals surface area contributed by atoms with Gasteiger partial charge in [-0.3, -0.25) is 14.6 Å². The minimum atomic E-state index is -0.524. The summed E-state index contributed by atoms with van der Waals surface area (Å²) in [6, 6.07) is 7.91. The second kappa shape index (κ2) is 5.24. The Morgan fingerprint density at radius 1 is 1.29 bits per heavy atom. The molecule has 0 spiro atoms. The van der Waals surface area contributed by atoms with E-state index in [1.807, 2.05) is 18.2 Å². The molecule has 1 aliphatic carbocycles. The predicted molar refractivity (Wildman–Crippen MR) is 78.7 cm³/mol. The van der Waals surface area contributed by atoms with Crippen molar-refractivity contribution < 1.29 is 5.11 Å². The van der Waals surface area contributed by atoms with Gasteiger partial charge in [0.25, 0.3) is 0 Å². The van der Waals surface area contributed by atoms with Crippen molar-refractivity contribution in [3.05, 3.63) is 47.5 Å². The van der Waals surface area contributed by atoms with Gasteiger partial charge in [0.2, 0.25) is 0 Å². The zero-order valence-electron chi connectivity index (χ0n) is 12.0. The van der Waals surface area contributed by atoms with Gasteiger partial charge >= 0.3 is 0 Å². The van der Waals surface area contributed by atoms with Gasteiger partial charge in [-0.1, -0.05) is 6.07 Å². The van der Waals surface area contributed by atoms with Crippen molar-refractivity contribution in [2.24, 2.45) is 0 Å². The highest BCUT2D eigenvalue weighted by atomic mass is 16.3. The number of hydrogen-bond donors (Lipinski definition) is 1. The molecule has 1 fully saturated rings. The van der Waals surface area contributed by atoms with E-state index >= 15 is 0 Å². The second-order valence-electron chi connectivity index (χ2n) is 6.06. The molecule has 5 heteroatoms. The van der Waals surface area contributed by atoms with Crippen LogP contribution in [0.3, 0.4) is 0 Å². The van der Waals surface area contributed by atoms with Gasteiger partial charge in [-0.2, -0.15) is 5.10 Å². The van der Waals surface area contributed by atoms with Gasteiger partial charge in [-0.25, -0.2) is 0 Å². The molecule has 5 nitrogen and oxygen atoms in total. The molecule has 2 aliphatic rings. The number of aliphatic hydroxyl groups is 1. The molecule has 1 saturated carbocycles. The van der Waals surface area contributed by atoms with Crippen LogP contribution in [0.25, 0.3) is 0 Å². The average molecular weight is 284 g/mol. The third-order valence-corrected chi connectivity index (χ3v) is 4.35. The summed E-state index contributed by atoms with van der Waals surface area (Å²) < 4.78 is 2.14. The minimum absolute atomic E-state index is 0.524. The van der Waals surface area contributed by atoms with Crippen LogP contribution in [0, 0.1) is 0 Å². The molecular formula is C16H20N4O. The highest BCUT2D eigenvalue weighted by molar-refractivity contribution is 5.19. The molecule has 1 atom stereocenters. The lowest BCUT2D eigenvalue weighted by molar-refractivity contribution is 0.0927. The molecule has 0 radical (unpaired) electrons. The summed E-state index contributed by atoms with van der Waals surface area (Å²) in [5.41, 5.74) is 3.28. The molecule has 1 aliphatic heterocycles. The second-order valence-corrected chi connectivity index (χ2v) is 6.06. The van der Waals surface area contributed by atoms with Gasteiger partial charge in [-0.15, -0.1) is 0 Å². The lowest BCUT2D eigenvalue weighted by Gasteiger charge is -2.29. The molecular weight excluding hydrogens is 264 g/mol. The SMILES string of the molecule is OC(CN1CCn2nc(C3CC3)cc2C1)c1ccccn1. The van der Waals surface area contributed by atoms with Crippen molar-refractivity contribution >= 4 is 0 Å². The zero-order valence-corrected chi connectivity index (χ0v) is 12.0. The molecule has 110 valence electrons. The predicted octanol–water partition coefficient (Wildman–Crippen LogP) is 1.70. The van der Waals surface area contributed by atoms with Crippen LogP contribution in [0.4, 0.5) is 0 Å². The molecule has 0 bridgehead atoms. The molecule has 2 aromatic rings. The summed E-state index contributed by atoms with van der Waals surface area (Å²) in [6.07, 6.45) is 3.78. The van der Waals surface area contributed by atoms with Crippen LogP contribution in [0.1, 0.15) is 41.9 Å². The van der Waals surface area contributed by atoms with Gasteiger partial charge in [0.05, 0.1) is 23.6 Å². The molecule has 2 aromatic heterocycles. The van der Waals surface area contributed by atoms with Crippen LogP contribution >= 0.6 is 0 Å². The smallest absolute Gasteiger partial charge is 0.109 e. The molecule has 0 saturated heterocycles. The molecule has 4 rings (SSSR count). The highest BCUT2D eigenvalue weighted by Crippen LogP contribution is 2.39. The third kappa shape index (κ3) is 2.71. The Morgan fingerprint density at radius 2 is 2.19 bits per heavy atom. The first-order valence-corrected chi connectivity index (χ1v) is 7.67. The van der Waals surface area contributed by atoms with E-state index in [-0.39, 0.29) is 0 Å². The lowest BCUT2D eigenvalue weighted by atomic mass is 10.2. The Balaban J connectivity index is 1.43. The normalized spacial score (nSPS) is 20.2. The summed E-state index contributed by atoms with van der Waals surface area (Å²) in [6.45, 7) is 3.34. The summed E-state index contributed by atoms with van der Waals surface area (Å²) >= 11 is 0. The fourth-order valence-electron chi connectivity index (χ4n) is 2.99. The Kier molecular flexibility index (Phi) is 3.24. The molecule has 3 heterocycles. The number of fused-ring (bicyclic) bond motifs is 1. The van der Waals surface area contributed by atoms with Crippen molar-refractivity contribution in [1.29, 1.82) is 0 Å². The van der Waals surface area contributed by atoms with Crippen molar-refractivity contribution in [1.82, 2.24) is 19.7 Å². The van der Waals surface area contributed by atoms with E-state index in [1.54, 1.807) is 6.20 Å². The molecule has 0 amide bonds. The van der Waals surface area contributed by atoms with Crippen LogP contribution in [0.5, 0.6) is 0 Å². The number of aliphatic hydroxyl groups excluding tert-OH is 1. The number of β-amino-alcohol motifs (C(OH)–C–C–N with tert-alkyl or cyclic N) is 1. The minimum Gasteiger partial charge on any atom is -0.385 e. The maximum atomic E-state index is 10.3. The van der Waals surface area contributed by atoms with E-state index in [0.29, 0.717) is 12.5 Å². The van der Waals surface area contributed by atoms with E-state index < -0.39 is 6.10 Å². The Bertz CT molecular complexity index is 620. The van der Waals surface area contributed by atoms with Gasteiger partial charge < -0.3 is 5.11 Å². The van der Waals surface area contributed by atoms with Gasteiger partial charge in [0.1, 0.15) is 6.10 Å². The summed E-state index contributed by atoms with van der Waals surface area (Å²) in [5.74, 6) is 0.704. The van der Waals surface area contributed by atoms with E-state index in [2.05, 4.69) is 20.6 Å². The van der Waals surface area contributed by atoms with Crippen molar-refractivity contribution in [2.75, 3.05) is 13.1 Å². The molecule has 1 unspecified atom stereocenters. The third-order valence-electron chi connectivity index (χ3n) is 4.35. The van der Waals surface area contributed by atoms with E-state index in [1.165, 1.54) is 24.2 Å². The molecule has 21 heavy (non-hydrogen) atoms. The maximum Gasteiger partial charge on any atom is 0.109 e. The number of nitrogens with zero attached hydrogens (tertiary/aromatic N) is 4. The highest BCUT2D eigenvalue weighted by Gasteiger charge is 2.29. The van der Waals surface area contributed by atoms with Crippen molar-refractivity contribution in [3.8, 4) is 0 Å². The molecule has 1 N–H and O–H groups in total. The first-order valence-electron chi connectivity index (χ1n) is 7.67. The number of rotatable bonds is 4. The van der Waals surface area contributed by atoms with Gasteiger partial charge in [0, 0.05) is 31.7 Å². The van der Waals surface area contributed by atoms with Crippen LogP contribution < -0.4 is 0 Å². The first-order chi connectivity index (χ1) is 10.3. The zero-order chi connectivity index (χ0) is 14.2. The van der Waals surface area contributed by atoms with Crippen LogP contribution in [-0.2, 0) is 13.1 Å². The topological polar surface area (TPSA) is 54.2 Å². The Labute approximate surface area is 124 Å². The maximum absolute atomic E-state index is 10.3. The van der Waals surface area contributed by atoms with E-state index in [0.717, 1.165) is 25.3 Å². The van der Waals surface area contributed by atoms with Crippen molar-refractivity contribution in [3.63, 3.8) is 0 Å². The summed E-state index contributed by atoms with van der Waals surface area (Å²) in [7, 11) is 0. The summed E-state index contributed by atoms with van der Waals surface area (Å²) in [4.78, 5) is 6.51. The molecule has 0 aromatic carbocycles. The van der Waals surface area contributed by atoms with Gasteiger partial charge in [-0.05, 0) is 31.0 Å². The van der Waals surface area contributed by atoms with E-state index in [4.69, 9.17) is 5.10 Å². The van der Waals surface area contributed by atoms with Gasteiger partial charge in [0.15, 0.2) is 0 Å². The van der Waals surface area contributed by atoms with Crippen LogP contribution in [0.2, 0.25) is 0 Å². The number of hydrogen-bond acceptors (Lipinski definition) is 4. The van der Waals surface area contributed by atoms with Crippen LogP contribution in [0.15, 0.2) is 30.5 Å². The van der Waals surface area contributed by atoms with E-state index in [9.17, 15) is 5.11 Å². The average Bonchev–Trinajstić information content (AvgIpc) is 3.28. The van der Waals surface area contributed by atoms with Crippen LogP contribution in [-0.4, -0.2) is 37.9 Å². The fourth-order valence-corrected chi connectivity index (χ4v) is 2.99.